The summed E-state index contributed by atoms with van der Waals surface area (Å²) in [6.07, 6.45) is 0. The maximum absolute atomic E-state index is 9.95. The molecular weight excluding hydrogens is 344 g/mol. The smallest absolute Gasteiger partial charge is 0.123 e. The van der Waals surface area contributed by atoms with E-state index in [0.717, 1.165) is 16.2 Å². The van der Waals surface area contributed by atoms with Gasteiger partial charge in [0.2, 0.25) is 0 Å². The lowest BCUT2D eigenvalue weighted by molar-refractivity contribution is 0.481. The SMILES string of the molecule is Oc1ccc2ccc3cccc4ccc1c2c34.Oc1cccc2ccccc12. The second kappa shape index (κ2) is 6.43. The molecule has 0 atom stereocenters. The molecule has 0 heterocycles. The van der Waals surface area contributed by atoms with Crippen LogP contribution >= 0.6 is 0 Å². The van der Waals surface area contributed by atoms with Crippen LogP contribution in [0, 0.1) is 0 Å². The summed E-state index contributed by atoms with van der Waals surface area (Å²) in [5.74, 6) is 0.707. The first kappa shape index (κ1) is 16.4. The highest BCUT2D eigenvalue weighted by Gasteiger charge is 2.09. The number of phenols is 2. The first-order valence-electron chi connectivity index (χ1n) is 9.24. The molecule has 6 rings (SSSR count). The quantitative estimate of drug-likeness (QED) is 0.291. The molecule has 6 aromatic carbocycles. The average molecular weight is 362 g/mol. The van der Waals surface area contributed by atoms with E-state index in [1.165, 1.54) is 26.9 Å². The van der Waals surface area contributed by atoms with E-state index >= 15 is 0 Å². The monoisotopic (exact) mass is 362 g/mol. The molecule has 0 radical (unpaired) electrons. The van der Waals surface area contributed by atoms with Gasteiger partial charge in [0.25, 0.3) is 0 Å². The van der Waals surface area contributed by atoms with E-state index in [1.807, 2.05) is 48.5 Å². The summed E-state index contributed by atoms with van der Waals surface area (Å²) in [4.78, 5) is 0. The van der Waals surface area contributed by atoms with E-state index in [9.17, 15) is 10.2 Å². The van der Waals surface area contributed by atoms with Crippen LogP contribution in [0.15, 0.2) is 97.1 Å². The van der Waals surface area contributed by atoms with Gasteiger partial charge in [0.15, 0.2) is 0 Å². The molecule has 0 saturated carbocycles. The second-order valence-corrected chi connectivity index (χ2v) is 6.94. The van der Waals surface area contributed by atoms with E-state index in [2.05, 4.69) is 36.4 Å². The molecule has 0 unspecified atom stereocenters. The zero-order chi connectivity index (χ0) is 19.1. The molecule has 0 amide bonds. The zero-order valence-corrected chi connectivity index (χ0v) is 15.1. The zero-order valence-electron chi connectivity index (χ0n) is 15.1. The van der Waals surface area contributed by atoms with Crippen molar-refractivity contribution < 1.29 is 10.2 Å². The van der Waals surface area contributed by atoms with Gasteiger partial charge in [-0.2, -0.15) is 0 Å². The lowest BCUT2D eigenvalue weighted by Crippen LogP contribution is -1.83. The summed E-state index contributed by atoms with van der Waals surface area (Å²) in [5.41, 5.74) is 0. The molecule has 2 heteroatoms. The Morgan fingerprint density at radius 3 is 1.68 bits per heavy atom. The number of aromatic hydroxyl groups is 2. The predicted molar refractivity (Wildman–Crippen MR) is 117 cm³/mol. The Hall–Kier alpha value is -3.78. The van der Waals surface area contributed by atoms with Crippen molar-refractivity contribution in [2.45, 2.75) is 0 Å². The van der Waals surface area contributed by atoms with Gasteiger partial charge in [0, 0.05) is 16.2 Å². The minimum atomic E-state index is 0.350. The van der Waals surface area contributed by atoms with Crippen LogP contribution in [0.2, 0.25) is 0 Å². The molecule has 2 nitrogen and oxygen atoms in total. The van der Waals surface area contributed by atoms with Gasteiger partial charge in [-0.1, -0.05) is 84.9 Å². The van der Waals surface area contributed by atoms with E-state index in [-0.39, 0.29) is 0 Å². The minimum Gasteiger partial charge on any atom is -0.507 e. The molecule has 0 saturated heterocycles. The van der Waals surface area contributed by atoms with Crippen molar-refractivity contribution in [3.8, 4) is 11.5 Å². The number of hydrogen-bond acceptors (Lipinski definition) is 2. The van der Waals surface area contributed by atoms with Gasteiger partial charge in [0.05, 0.1) is 0 Å². The van der Waals surface area contributed by atoms with Gasteiger partial charge in [0.1, 0.15) is 11.5 Å². The Balaban J connectivity index is 0.000000135. The normalized spacial score (nSPS) is 11.1. The van der Waals surface area contributed by atoms with Gasteiger partial charge in [-0.15, -0.1) is 0 Å². The van der Waals surface area contributed by atoms with Crippen molar-refractivity contribution in [2.75, 3.05) is 0 Å². The first-order valence-corrected chi connectivity index (χ1v) is 9.24. The molecule has 0 bridgehead atoms. The molecule has 0 aliphatic carbocycles. The highest BCUT2D eigenvalue weighted by molar-refractivity contribution is 6.24. The number of phenolic OH excluding ortho intramolecular Hbond substituents is 2. The highest BCUT2D eigenvalue weighted by Crippen LogP contribution is 2.37. The van der Waals surface area contributed by atoms with Crippen molar-refractivity contribution in [1.82, 2.24) is 0 Å². The van der Waals surface area contributed by atoms with Gasteiger partial charge in [-0.3, -0.25) is 0 Å². The third-order valence-electron chi connectivity index (χ3n) is 5.27. The van der Waals surface area contributed by atoms with Gasteiger partial charge in [-0.05, 0) is 39.1 Å². The maximum atomic E-state index is 9.95. The van der Waals surface area contributed by atoms with Gasteiger partial charge in [-0.25, -0.2) is 0 Å². The van der Waals surface area contributed by atoms with Crippen LogP contribution in [0.4, 0.5) is 0 Å². The Labute approximate surface area is 162 Å². The van der Waals surface area contributed by atoms with Crippen LogP contribution in [0.5, 0.6) is 11.5 Å². The van der Waals surface area contributed by atoms with Crippen LogP contribution < -0.4 is 0 Å². The van der Waals surface area contributed by atoms with Crippen molar-refractivity contribution in [3.05, 3.63) is 97.1 Å². The molecular formula is C26H18O2. The Morgan fingerprint density at radius 1 is 0.357 bits per heavy atom. The maximum Gasteiger partial charge on any atom is 0.123 e. The van der Waals surface area contributed by atoms with Crippen LogP contribution in [-0.2, 0) is 0 Å². The molecule has 0 aliphatic heterocycles. The van der Waals surface area contributed by atoms with Crippen molar-refractivity contribution in [3.63, 3.8) is 0 Å². The summed E-state index contributed by atoms with van der Waals surface area (Å²) < 4.78 is 0. The summed E-state index contributed by atoms with van der Waals surface area (Å²) in [7, 11) is 0. The molecule has 134 valence electrons. The molecule has 0 spiro atoms. The first-order chi connectivity index (χ1) is 13.7. The van der Waals surface area contributed by atoms with Crippen LogP contribution in [0.3, 0.4) is 0 Å². The van der Waals surface area contributed by atoms with Gasteiger partial charge < -0.3 is 10.2 Å². The molecule has 2 N–H and O–H groups in total. The lowest BCUT2D eigenvalue weighted by Gasteiger charge is -2.11. The number of rotatable bonds is 0. The fraction of sp³-hybridized carbons (Fsp3) is 0. The summed E-state index contributed by atoms with van der Waals surface area (Å²) in [6.45, 7) is 0. The Bertz CT molecular complexity index is 1410. The molecule has 0 fully saturated rings. The lowest BCUT2D eigenvalue weighted by atomic mass is 9.94. The Morgan fingerprint density at radius 2 is 0.893 bits per heavy atom. The minimum absolute atomic E-state index is 0.350. The van der Waals surface area contributed by atoms with Crippen LogP contribution in [0.1, 0.15) is 0 Å². The van der Waals surface area contributed by atoms with Crippen molar-refractivity contribution >= 4 is 43.1 Å². The molecule has 0 aliphatic rings. The number of benzene rings is 6. The van der Waals surface area contributed by atoms with Crippen LogP contribution in [0.25, 0.3) is 43.1 Å². The molecule has 28 heavy (non-hydrogen) atoms. The largest absolute Gasteiger partial charge is 0.507 e. The molecule has 6 aromatic rings. The van der Waals surface area contributed by atoms with Gasteiger partial charge >= 0.3 is 0 Å². The third kappa shape index (κ3) is 2.58. The number of fused-ring (bicyclic) bond motifs is 1. The summed E-state index contributed by atoms with van der Waals surface area (Å²) in [6, 6.07) is 31.7. The van der Waals surface area contributed by atoms with Crippen LogP contribution in [-0.4, -0.2) is 10.2 Å². The summed E-state index contributed by atoms with van der Waals surface area (Å²) >= 11 is 0. The van der Waals surface area contributed by atoms with Crippen molar-refractivity contribution in [1.29, 1.82) is 0 Å². The van der Waals surface area contributed by atoms with E-state index in [1.54, 1.807) is 12.1 Å². The second-order valence-electron chi connectivity index (χ2n) is 6.94. The highest BCUT2D eigenvalue weighted by atomic mass is 16.3. The number of hydrogen-bond donors (Lipinski definition) is 2. The average Bonchev–Trinajstić information content (AvgIpc) is 2.74. The predicted octanol–water partition coefficient (Wildman–Crippen LogP) is 6.84. The molecule has 0 aromatic heterocycles. The summed E-state index contributed by atoms with van der Waals surface area (Å²) in [5, 5.41) is 28.3. The fourth-order valence-electron chi connectivity index (χ4n) is 3.93. The van der Waals surface area contributed by atoms with E-state index in [0.29, 0.717) is 11.5 Å². The van der Waals surface area contributed by atoms with Crippen molar-refractivity contribution in [2.24, 2.45) is 0 Å². The third-order valence-corrected chi connectivity index (χ3v) is 5.27. The fourth-order valence-corrected chi connectivity index (χ4v) is 3.93. The van der Waals surface area contributed by atoms with E-state index in [4.69, 9.17) is 0 Å². The standard InChI is InChI=1S/C16H10O.C10H8O/c17-14-9-7-12-5-4-10-2-1-3-11-6-8-13(14)16(12)15(10)11;11-10-7-3-5-8-4-1-2-6-9(8)10/h1-9,17H;1-7,11H. The Kier molecular flexibility index (Phi) is 3.77. The van der Waals surface area contributed by atoms with E-state index < -0.39 is 0 Å². The topological polar surface area (TPSA) is 40.5 Å².